The number of anilines is 2. The molecule has 0 aliphatic rings. The molecule has 1 amide bonds. The number of nitrogens with two attached hydrogens (primary N) is 1. The van der Waals surface area contributed by atoms with Crippen LogP contribution in [0.15, 0.2) is 35.1 Å². The molecule has 1 aromatic carbocycles. The maximum absolute atomic E-state index is 12.2. The molecule has 2 aromatic rings. The molecule has 0 saturated heterocycles. The number of rotatable bonds is 2. The monoisotopic (exact) mass is 319 g/mol. The van der Waals surface area contributed by atoms with Crippen molar-refractivity contribution in [2.24, 2.45) is 0 Å². The van der Waals surface area contributed by atoms with Crippen LogP contribution >= 0.6 is 15.9 Å². The Morgan fingerprint density at radius 3 is 2.74 bits per heavy atom. The van der Waals surface area contributed by atoms with Crippen LogP contribution in [0.5, 0.6) is 0 Å². The number of nitrogens with one attached hydrogen (secondary N) is 1. The molecule has 1 aromatic heterocycles. The number of halogens is 1. The first kappa shape index (κ1) is 13.5. The van der Waals surface area contributed by atoms with Crippen LogP contribution in [0.3, 0.4) is 0 Å². The Morgan fingerprint density at radius 1 is 1.32 bits per heavy atom. The number of carbonyl (C=O) groups is 1. The van der Waals surface area contributed by atoms with Gasteiger partial charge in [-0.2, -0.15) is 0 Å². The van der Waals surface area contributed by atoms with Crippen LogP contribution in [-0.2, 0) is 0 Å². The van der Waals surface area contributed by atoms with Gasteiger partial charge in [0.1, 0.15) is 4.60 Å². The van der Waals surface area contributed by atoms with Gasteiger partial charge in [-0.05, 0) is 59.1 Å². The molecule has 19 heavy (non-hydrogen) atoms. The highest BCUT2D eigenvalue weighted by molar-refractivity contribution is 9.10. The Kier molecular flexibility index (Phi) is 3.85. The van der Waals surface area contributed by atoms with E-state index in [0.29, 0.717) is 21.5 Å². The summed E-state index contributed by atoms with van der Waals surface area (Å²) in [5.41, 5.74) is 9.52. The van der Waals surface area contributed by atoms with E-state index in [1.54, 1.807) is 24.4 Å². The maximum Gasteiger partial charge on any atom is 0.256 e. The highest BCUT2D eigenvalue weighted by Gasteiger charge is 2.12. The Labute approximate surface area is 120 Å². The minimum atomic E-state index is -0.196. The fourth-order valence-electron chi connectivity index (χ4n) is 1.78. The van der Waals surface area contributed by atoms with E-state index < -0.39 is 0 Å². The third-order valence-corrected chi connectivity index (χ3v) is 3.50. The number of pyridine rings is 1. The molecule has 0 aliphatic heterocycles. The molecule has 0 radical (unpaired) electrons. The largest absolute Gasteiger partial charge is 0.398 e. The lowest BCUT2D eigenvalue weighted by molar-refractivity contribution is 0.102. The molecule has 0 bridgehead atoms. The number of hydrogen-bond acceptors (Lipinski definition) is 3. The summed E-state index contributed by atoms with van der Waals surface area (Å²) in [6.45, 7) is 3.81. The number of benzene rings is 1. The number of nitrogen functional groups attached to an aromatic ring is 1. The smallest absolute Gasteiger partial charge is 0.256 e. The van der Waals surface area contributed by atoms with Crippen molar-refractivity contribution in [2.45, 2.75) is 13.8 Å². The lowest BCUT2D eigenvalue weighted by Crippen LogP contribution is -2.14. The average molecular weight is 320 g/mol. The number of aryl methyl sites for hydroxylation is 2. The highest BCUT2D eigenvalue weighted by Crippen LogP contribution is 2.22. The van der Waals surface area contributed by atoms with Gasteiger partial charge in [-0.25, -0.2) is 4.98 Å². The summed E-state index contributed by atoms with van der Waals surface area (Å²) in [6.07, 6.45) is 1.65. The summed E-state index contributed by atoms with van der Waals surface area (Å²) < 4.78 is 0.598. The molecule has 98 valence electrons. The van der Waals surface area contributed by atoms with Gasteiger partial charge in [-0.3, -0.25) is 4.79 Å². The fourth-order valence-corrected chi connectivity index (χ4v) is 2.13. The van der Waals surface area contributed by atoms with Gasteiger partial charge in [-0.15, -0.1) is 0 Å². The minimum absolute atomic E-state index is 0.196. The molecule has 3 N–H and O–H groups in total. The molecule has 0 saturated carbocycles. The van der Waals surface area contributed by atoms with Gasteiger partial charge in [0, 0.05) is 17.4 Å². The van der Waals surface area contributed by atoms with E-state index in [0.717, 1.165) is 11.1 Å². The fraction of sp³-hybridized carbons (Fsp3) is 0.143. The van der Waals surface area contributed by atoms with Gasteiger partial charge in [0.25, 0.3) is 5.91 Å². The number of hydrogen-bond donors (Lipinski definition) is 2. The van der Waals surface area contributed by atoms with Gasteiger partial charge in [0.15, 0.2) is 0 Å². The van der Waals surface area contributed by atoms with Crippen molar-refractivity contribution in [1.82, 2.24) is 4.98 Å². The van der Waals surface area contributed by atoms with Gasteiger partial charge < -0.3 is 11.1 Å². The summed E-state index contributed by atoms with van der Waals surface area (Å²) in [5, 5.41) is 2.81. The van der Waals surface area contributed by atoms with E-state index in [1.165, 1.54) is 0 Å². The lowest BCUT2D eigenvalue weighted by atomic mass is 10.0. The van der Waals surface area contributed by atoms with E-state index >= 15 is 0 Å². The summed E-state index contributed by atoms with van der Waals surface area (Å²) in [5.74, 6) is -0.196. The second-order valence-corrected chi connectivity index (χ2v) is 5.07. The molecule has 0 aliphatic carbocycles. The molecule has 0 fully saturated rings. The summed E-state index contributed by atoms with van der Waals surface area (Å²) in [7, 11) is 0. The van der Waals surface area contributed by atoms with Crippen LogP contribution in [0.1, 0.15) is 21.5 Å². The topological polar surface area (TPSA) is 68.0 Å². The van der Waals surface area contributed by atoms with Crippen LogP contribution < -0.4 is 11.1 Å². The third kappa shape index (κ3) is 2.93. The molecule has 2 rings (SSSR count). The van der Waals surface area contributed by atoms with E-state index in [1.807, 2.05) is 19.9 Å². The average Bonchev–Trinajstić information content (AvgIpc) is 2.36. The van der Waals surface area contributed by atoms with Gasteiger partial charge in [0.2, 0.25) is 0 Å². The minimum Gasteiger partial charge on any atom is -0.398 e. The Morgan fingerprint density at radius 2 is 2.05 bits per heavy atom. The molecular weight excluding hydrogens is 306 g/mol. The lowest BCUT2D eigenvalue weighted by Gasteiger charge is -2.11. The number of carbonyl (C=O) groups excluding carboxylic acids is 1. The van der Waals surface area contributed by atoms with Gasteiger partial charge >= 0.3 is 0 Å². The van der Waals surface area contributed by atoms with E-state index in [2.05, 4.69) is 26.2 Å². The summed E-state index contributed by atoms with van der Waals surface area (Å²) in [4.78, 5) is 16.3. The van der Waals surface area contributed by atoms with E-state index in [9.17, 15) is 4.79 Å². The van der Waals surface area contributed by atoms with E-state index in [-0.39, 0.29) is 5.91 Å². The molecule has 5 heteroatoms. The van der Waals surface area contributed by atoms with Gasteiger partial charge in [-0.1, -0.05) is 6.07 Å². The SMILES string of the molecule is Cc1cc(C)c(C(=O)Nc2cccnc2Br)cc1N. The van der Waals surface area contributed by atoms with Crippen LogP contribution in [0.4, 0.5) is 11.4 Å². The summed E-state index contributed by atoms with van der Waals surface area (Å²) in [6, 6.07) is 7.14. The second kappa shape index (κ2) is 5.40. The van der Waals surface area contributed by atoms with Crippen LogP contribution in [0, 0.1) is 13.8 Å². The Bertz CT molecular complexity index is 641. The van der Waals surface area contributed by atoms with E-state index in [4.69, 9.17) is 5.73 Å². The molecular formula is C14H14BrN3O. The number of amides is 1. The first-order valence-corrected chi connectivity index (χ1v) is 6.57. The van der Waals surface area contributed by atoms with Gasteiger partial charge in [0.05, 0.1) is 5.69 Å². The predicted molar refractivity (Wildman–Crippen MR) is 80.2 cm³/mol. The quantitative estimate of drug-likeness (QED) is 0.659. The molecule has 4 nitrogen and oxygen atoms in total. The Hall–Kier alpha value is -1.88. The van der Waals surface area contributed by atoms with Crippen molar-refractivity contribution in [3.8, 4) is 0 Å². The van der Waals surface area contributed by atoms with Crippen molar-refractivity contribution in [3.05, 3.63) is 51.8 Å². The van der Waals surface area contributed by atoms with Crippen molar-refractivity contribution in [1.29, 1.82) is 0 Å². The normalized spacial score (nSPS) is 10.3. The zero-order valence-corrected chi connectivity index (χ0v) is 12.3. The zero-order chi connectivity index (χ0) is 14.0. The zero-order valence-electron chi connectivity index (χ0n) is 10.7. The first-order chi connectivity index (χ1) is 8.99. The Balaban J connectivity index is 2.31. The summed E-state index contributed by atoms with van der Waals surface area (Å²) >= 11 is 3.29. The second-order valence-electron chi connectivity index (χ2n) is 4.32. The van der Waals surface area contributed by atoms with Crippen LogP contribution in [0.2, 0.25) is 0 Å². The molecule has 1 heterocycles. The molecule has 0 unspecified atom stereocenters. The standard InChI is InChI=1S/C14H14BrN3O/c1-8-6-9(2)11(16)7-10(8)14(19)18-12-4-3-5-17-13(12)15/h3-7H,16H2,1-2H3,(H,18,19). The van der Waals surface area contributed by atoms with Crippen molar-refractivity contribution in [3.63, 3.8) is 0 Å². The van der Waals surface area contributed by atoms with Crippen LogP contribution in [-0.4, -0.2) is 10.9 Å². The number of aromatic nitrogens is 1. The predicted octanol–water partition coefficient (Wildman–Crippen LogP) is 3.30. The van der Waals surface area contributed by atoms with Crippen molar-refractivity contribution < 1.29 is 4.79 Å². The number of nitrogens with zero attached hydrogens (tertiary/aromatic N) is 1. The molecule has 0 atom stereocenters. The maximum atomic E-state index is 12.2. The first-order valence-electron chi connectivity index (χ1n) is 5.77. The van der Waals surface area contributed by atoms with Crippen molar-refractivity contribution in [2.75, 3.05) is 11.1 Å². The highest BCUT2D eigenvalue weighted by atomic mass is 79.9. The van der Waals surface area contributed by atoms with Crippen LogP contribution in [0.25, 0.3) is 0 Å². The third-order valence-electron chi connectivity index (χ3n) is 2.86. The van der Waals surface area contributed by atoms with Crippen molar-refractivity contribution >= 4 is 33.2 Å². The molecule has 0 spiro atoms.